The zero-order valence-corrected chi connectivity index (χ0v) is 12.2. The van der Waals surface area contributed by atoms with E-state index in [1.807, 2.05) is 23.1 Å². The van der Waals surface area contributed by atoms with Gasteiger partial charge >= 0.3 is 0 Å². The van der Waals surface area contributed by atoms with Crippen molar-refractivity contribution in [2.24, 2.45) is 5.92 Å². The summed E-state index contributed by atoms with van der Waals surface area (Å²) in [6.45, 7) is 6.28. The van der Waals surface area contributed by atoms with Crippen molar-refractivity contribution >= 4 is 12.0 Å². The summed E-state index contributed by atoms with van der Waals surface area (Å²) in [5, 5.41) is 0. The van der Waals surface area contributed by atoms with Crippen molar-refractivity contribution in [1.82, 2.24) is 9.88 Å². The summed E-state index contributed by atoms with van der Waals surface area (Å²) < 4.78 is 5.50. The lowest BCUT2D eigenvalue weighted by Gasteiger charge is -2.36. The summed E-state index contributed by atoms with van der Waals surface area (Å²) in [5.41, 5.74) is 0.939. The van der Waals surface area contributed by atoms with Crippen LogP contribution in [0, 0.1) is 5.92 Å². The van der Waals surface area contributed by atoms with Crippen molar-refractivity contribution in [3.05, 3.63) is 36.2 Å². The Morgan fingerprint density at radius 2 is 2.45 bits per heavy atom. The molecule has 2 rings (SSSR count). The molecule has 1 atom stereocenters. The SMILES string of the molecule is CC(C)C[C@H]1COCCN1C(=O)/C=C\c1cccnc1. The molecule has 2 heterocycles. The number of aromatic nitrogens is 1. The molecular formula is C16H22N2O2. The quantitative estimate of drug-likeness (QED) is 0.792. The van der Waals surface area contributed by atoms with Gasteiger partial charge in [0.25, 0.3) is 0 Å². The normalized spacial score (nSPS) is 19.8. The summed E-state index contributed by atoms with van der Waals surface area (Å²) in [7, 11) is 0. The minimum atomic E-state index is 0.0582. The van der Waals surface area contributed by atoms with E-state index >= 15 is 0 Å². The van der Waals surface area contributed by atoms with Crippen molar-refractivity contribution < 1.29 is 9.53 Å². The number of hydrogen-bond donors (Lipinski definition) is 0. The van der Waals surface area contributed by atoms with Gasteiger partial charge in [-0.05, 0) is 30.0 Å². The van der Waals surface area contributed by atoms with Crippen LogP contribution in [0.2, 0.25) is 0 Å². The van der Waals surface area contributed by atoms with Crippen LogP contribution in [0.1, 0.15) is 25.8 Å². The molecule has 0 spiro atoms. The molecule has 20 heavy (non-hydrogen) atoms. The van der Waals surface area contributed by atoms with E-state index < -0.39 is 0 Å². The number of nitrogens with zero attached hydrogens (tertiary/aromatic N) is 2. The van der Waals surface area contributed by atoms with Crippen molar-refractivity contribution in [1.29, 1.82) is 0 Å². The fraction of sp³-hybridized carbons (Fsp3) is 0.500. The van der Waals surface area contributed by atoms with Gasteiger partial charge in [-0.25, -0.2) is 0 Å². The van der Waals surface area contributed by atoms with Crippen LogP contribution >= 0.6 is 0 Å². The Bertz CT molecular complexity index is 457. The average molecular weight is 274 g/mol. The minimum Gasteiger partial charge on any atom is -0.377 e. The smallest absolute Gasteiger partial charge is 0.246 e. The van der Waals surface area contributed by atoms with E-state index in [2.05, 4.69) is 18.8 Å². The Kier molecular flexibility index (Phi) is 5.30. The first-order chi connectivity index (χ1) is 9.66. The minimum absolute atomic E-state index is 0.0582. The van der Waals surface area contributed by atoms with Gasteiger partial charge in [0.1, 0.15) is 0 Å². The maximum atomic E-state index is 12.3. The standard InChI is InChI=1S/C16H22N2O2/c1-13(2)10-15-12-20-9-8-18(15)16(19)6-5-14-4-3-7-17-11-14/h3-7,11,13,15H,8-10,12H2,1-2H3/b6-5-/t15-/m0/s1. The lowest BCUT2D eigenvalue weighted by atomic mass is 10.0. The summed E-state index contributed by atoms with van der Waals surface area (Å²) in [6.07, 6.45) is 7.90. The van der Waals surface area contributed by atoms with Crippen LogP contribution < -0.4 is 0 Å². The van der Waals surface area contributed by atoms with Gasteiger partial charge in [0.2, 0.25) is 5.91 Å². The number of pyridine rings is 1. The molecule has 0 radical (unpaired) electrons. The molecule has 0 unspecified atom stereocenters. The second kappa shape index (κ2) is 7.20. The van der Waals surface area contributed by atoms with Gasteiger partial charge in [-0.1, -0.05) is 19.9 Å². The molecule has 1 aromatic rings. The summed E-state index contributed by atoms with van der Waals surface area (Å²) in [6, 6.07) is 3.98. The molecule has 1 fully saturated rings. The molecule has 1 aliphatic rings. The van der Waals surface area contributed by atoms with Crippen LogP contribution in [-0.2, 0) is 9.53 Å². The molecule has 1 aromatic heterocycles. The molecule has 0 saturated carbocycles. The van der Waals surface area contributed by atoms with E-state index in [0.29, 0.717) is 25.7 Å². The van der Waals surface area contributed by atoms with Gasteiger partial charge in [-0.2, -0.15) is 0 Å². The second-order valence-corrected chi connectivity index (χ2v) is 5.51. The molecular weight excluding hydrogens is 252 g/mol. The van der Waals surface area contributed by atoms with Gasteiger partial charge in [-0.3, -0.25) is 9.78 Å². The number of hydrogen-bond acceptors (Lipinski definition) is 3. The molecule has 0 aliphatic carbocycles. The molecule has 0 N–H and O–H groups in total. The van der Waals surface area contributed by atoms with Gasteiger partial charge in [0.15, 0.2) is 0 Å². The van der Waals surface area contributed by atoms with E-state index in [1.165, 1.54) is 0 Å². The predicted octanol–water partition coefficient (Wildman–Crippen LogP) is 2.37. The molecule has 1 aliphatic heterocycles. The van der Waals surface area contributed by atoms with Crippen molar-refractivity contribution in [2.45, 2.75) is 26.3 Å². The Labute approximate surface area is 120 Å². The third kappa shape index (κ3) is 4.17. The number of amides is 1. The van der Waals surface area contributed by atoms with Gasteiger partial charge in [0, 0.05) is 25.0 Å². The largest absolute Gasteiger partial charge is 0.377 e. The van der Waals surface area contributed by atoms with E-state index in [-0.39, 0.29) is 11.9 Å². The highest BCUT2D eigenvalue weighted by molar-refractivity contribution is 5.92. The fourth-order valence-electron chi connectivity index (χ4n) is 2.42. The first kappa shape index (κ1) is 14.7. The highest BCUT2D eigenvalue weighted by Crippen LogP contribution is 2.16. The first-order valence-electron chi connectivity index (χ1n) is 7.13. The van der Waals surface area contributed by atoms with Crippen LogP contribution in [0.4, 0.5) is 0 Å². The van der Waals surface area contributed by atoms with Gasteiger partial charge in [0.05, 0.1) is 19.3 Å². The number of carbonyl (C=O) groups is 1. The molecule has 0 aromatic carbocycles. The highest BCUT2D eigenvalue weighted by Gasteiger charge is 2.26. The molecule has 1 saturated heterocycles. The molecule has 4 nitrogen and oxygen atoms in total. The van der Waals surface area contributed by atoms with E-state index in [9.17, 15) is 4.79 Å². The Morgan fingerprint density at radius 1 is 1.60 bits per heavy atom. The highest BCUT2D eigenvalue weighted by atomic mass is 16.5. The van der Waals surface area contributed by atoms with E-state index in [0.717, 1.165) is 12.0 Å². The monoisotopic (exact) mass is 274 g/mol. The summed E-state index contributed by atoms with van der Waals surface area (Å²) in [5.74, 6) is 0.613. The zero-order valence-electron chi connectivity index (χ0n) is 12.2. The van der Waals surface area contributed by atoms with Crippen LogP contribution in [0.3, 0.4) is 0 Å². The van der Waals surface area contributed by atoms with Crippen LogP contribution in [-0.4, -0.2) is 41.6 Å². The lowest BCUT2D eigenvalue weighted by Crippen LogP contribution is -2.48. The lowest BCUT2D eigenvalue weighted by molar-refractivity contribution is -0.135. The van der Waals surface area contributed by atoms with Gasteiger partial charge in [-0.15, -0.1) is 0 Å². The fourth-order valence-corrected chi connectivity index (χ4v) is 2.42. The molecule has 4 heteroatoms. The van der Waals surface area contributed by atoms with Crippen LogP contribution in [0.5, 0.6) is 0 Å². The maximum absolute atomic E-state index is 12.3. The Hall–Kier alpha value is -1.68. The van der Waals surface area contributed by atoms with Crippen molar-refractivity contribution in [2.75, 3.05) is 19.8 Å². The number of carbonyl (C=O) groups excluding carboxylic acids is 1. The van der Waals surface area contributed by atoms with Crippen molar-refractivity contribution in [3.63, 3.8) is 0 Å². The zero-order chi connectivity index (χ0) is 14.4. The molecule has 0 bridgehead atoms. The Balaban J connectivity index is 2.00. The van der Waals surface area contributed by atoms with E-state index in [4.69, 9.17) is 4.74 Å². The topological polar surface area (TPSA) is 42.4 Å². The Morgan fingerprint density at radius 3 is 3.15 bits per heavy atom. The first-order valence-corrected chi connectivity index (χ1v) is 7.13. The van der Waals surface area contributed by atoms with Crippen LogP contribution in [0.15, 0.2) is 30.6 Å². The summed E-state index contributed by atoms with van der Waals surface area (Å²) in [4.78, 5) is 18.3. The predicted molar refractivity (Wildman–Crippen MR) is 79.0 cm³/mol. The molecule has 108 valence electrons. The van der Waals surface area contributed by atoms with E-state index in [1.54, 1.807) is 18.5 Å². The third-order valence-electron chi connectivity index (χ3n) is 3.36. The average Bonchev–Trinajstić information content (AvgIpc) is 2.46. The maximum Gasteiger partial charge on any atom is 0.246 e. The van der Waals surface area contributed by atoms with Crippen LogP contribution in [0.25, 0.3) is 6.08 Å². The summed E-state index contributed by atoms with van der Waals surface area (Å²) >= 11 is 0. The third-order valence-corrected chi connectivity index (χ3v) is 3.36. The molecule has 1 amide bonds. The van der Waals surface area contributed by atoms with Gasteiger partial charge < -0.3 is 9.64 Å². The number of morpholine rings is 1. The number of ether oxygens (including phenoxy) is 1. The second-order valence-electron chi connectivity index (χ2n) is 5.51. The van der Waals surface area contributed by atoms with Crippen molar-refractivity contribution in [3.8, 4) is 0 Å². The number of rotatable bonds is 4.